The molecule has 0 saturated carbocycles. The van der Waals surface area contributed by atoms with E-state index >= 15 is 0 Å². The fourth-order valence-electron chi connectivity index (χ4n) is 2.37. The molecule has 0 amide bonds. The van der Waals surface area contributed by atoms with Gasteiger partial charge in [-0.2, -0.15) is 0 Å². The molecule has 3 heteroatoms. The first-order valence-electron chi connectivity index (χ1n) is 6.86. The molecule has 102 valence electrons. The van der Waals surface area contributed by atoms with Crippen LogP contribution in [0, 0.1) is 5.92 Å². The monoisotopic (exact) mass is 242 g/mol. The van der Waals surface area contributed by atoms with Crippen LogP contribution in [0.3, 0.4) is 0 Å². The number of nitrogens with zero attached hydrogens (tertiary/aromatic N) is 1. The summed E-state index contributed by atoms with van der Waals surface area (Å²) >= 11 is 0. The summed E-state index contributed by atoms with van der Waals surface area (Å²) in [5.74, 6) is 0.662. The van der Waals surface area contributed by atoms with Crippen molar-refractivity contribution in [3.63, 3.8) is 0 Å². The first kappa shape index (κ1) is 14.9. The largest absolute Gasteiger partial charge is 0.380 e. The molecule has 1 fully saturated rings. The predicted molar refractivity (Wildman–Crippen MR) is 73.4 cm³/mol. The van der Waals surface area contributed by atoms with Gasteiger partial charge in [0.15, 0.2) is 0 Å². The van der Waals surface area contributed by atoms with Crippen molar-refractivity contribution < 1.29 is 4.74 Å². The van der Waals surface area contributed by atoms with Crippen LogP contribution in [0.25, 0.3) is 0 Å². The Hall–Kier alpha value is -0.120. The van der Waals surface area contributed by atoms with E-state index in [4.69, 9.17) is 4.74 Å². The lowest BCUT2D eigenvalue weighted by Crippen LogP contribution is -2.51. The van der Waals surface area contributed by atoms with Crippen LogP contribution < -0.4 is 5.32 Å². The van der Waals surface area contributed by atoms with Crippen molar-refractivity contribution >= 4 is 0 Å². The van der Waals surface area contributed by atoms with Gasteiger partial charge in [0.2, 0.25) is 0 Å². The number of hydrogen-bond acceptors (Lipinski definition) is 3. The standard InChI is InChI=1S/C14H30N2O/c1-11(2)13(9-15-14(3,4)5)16(6)12-7-8-17-10-12/h11-13,15H,7-10H2,1-6H3. The Kier molecular flexibility index (Phi) is 5.42. The molecule has 3 nitrogen and oxygen atoms in total. The van der Waals surface area contributed by atoms with Crippen LogP contribution in [0.2, 0.25) is 0 Å². The number of rotatable bonds is 5. The van der Waals surface area contributed by atoms with Gasteiger partial charge in [0.1, 0.15) is 0 Å². The summed E-state index contributed by atoms with van der Waals surface area (Å²) < 4.78 is 5.49. The first-order chi connectivity index (χ1) is 7.81. The highest BCUT2D eigenvalue weighted by molar-refractivity contribution is 4.84. The van der Waals surface area contributed by atoms with E-state index < -0.39 is 0 Å². The third-order valence-electron chi connectivity index (χ3n) is 3.62. The molecule has 0 bridgehead atoms. The zero-order valence-corrected chi connectivity index (χ0v) is 12.4. The Labute approximate surface area is 107 Å². The van der Waals surface area contributed by atoms with Crippen LogP contribution in [0.15, 0.2) is 0 Å². The fraction of sp³-hybridized carbons (Fsp3) is 1.00. The van der Waals surface area contributed by atoms with Crippen molar-refractivity contribution in [2.24, 2.45) is 5.92 Å². The zero-order chi connectivity index (χ0) is 13.1. The second-order valence-corrected chi connectivity index (χ2v) is 6.63. The second kappa shape index (κ2) is 6.17. The van der Waals surface area contributed by atoms with E-state index in [0.717, 1.165) is 19.8 Å². The zero-order valence-electron chi connectivity index (χ0n) is 12.4. The molecule has 2 unspecified atom stereocenters. The first-order valence-corrected chi connectivity index (χ1v) is 6.86. The van der Waals surface area contributed by atoms with E-state index in [1.807, 2.05) is 0 Å². The predicted octanol–water partition coefficient (Wildman–Crippen LogP) is 2.12. The Balaban J connectivity index is 2.52. The molecule has 1 aliphatic heterocycles. The minimum absolute atomic E-state index is 0.195. The smallest absolute Gasteiger partial charge is 0.0622 e. The molecule has 1 aliphatic rings. The maximum absolute atomic E-state index is 5.49. The van der Waals surface area contributed by atoms with Crippen LogP contribution in [-0.4, -0.2) is 49.3 Å². The molecular formula is C14H30N2O. The quantitative estimate of drug-likeness (QED) is 0.799. The van der Waals surface area contributed by atoms with E-state index in [2.05, 4.69) is 51.9 Å². The third kappa shape index (κ3) is 4.94. The summed E-state index contributed by atoms with van der Waals surface area (Å²) in [5, 5.41) is 3.63. The molecular weight excluding hydrogens is 212 g/mol. The highest BCUT2D eigenvalue weighted by Crippen LogP contribution is 2.18. The van der Waals surface area contributed by atoms with E-state index in [0.29, 0.717) is 18.0 Å². The molecule has 1 N–H and O–H groups in total. The van der Waals surface area contributed by atoms with Gasteiger partial charge < -0.3 is 10.1 Å². The summed E-state index contributed by atoms with van der Waals surface area (Å²) in [5.41, 5.74) is 0.195. The van der Waals surface area contributed by atoms with Crippen molar-refractivity contribution in [1.82, 2.24) is 10.2 Å². The second-order valence-electron chi connectivity index (χ2n) is 6.63. The third-order valence-corrected chi connectivity index (χ3v) is 3.62. The van der Waals surface area contributed by atoms with E-state index in [1.54, 1.807) is 0 Å². The van der Waals surface area contributed by atoms with Gasteiger partial charge in [-0.05, 0) is 40.2 Å². The summed E-state index contributed by atoms with van der Waals surface area (Å²) in [6, 6.07) is 1.19. The number of ether oxygens (including phenoxy) is 1. The molecule has 0 aromatic carbocycles. The molecule has 2 atom stereocenters. The van der Waals surface area contributed by atoms with Crippen LogP contribution >= 0.6 is 0 Å². The number of hydrogen-bond donors (Lipinski definition) is 1. The normalized spacial score (nSPS) is 23.6. The topological polar surface area (TPSA) is 24.5 Å². The Bertz CT molecular complexity index is 217. The van der Waals surface area contributed by atoms with Gasteiger partial charge in [-0.15, -0.1) is 0 Å². The van der Waals surface area contributed by atoms with Gasteiger partial charge in [0.25, 0.3) is 0 Å². The van der Waals surface area contributed by atoms with Gasteiger partial charge in [0.05, 0.1) is 6.61 Å². The molecule has 1 heterocycles. The average molecular weight is 242 g/mol. The van der Waals surface area contributed by atoms with Crippen molar-refractivity contribution in [2.45, 2.75) is 58.7 Å². The molecule has 0 spiro atoms. The molecule has 1 saturated heterocycles. The minimum Gasteiger partial charge on any atom is -0.380 e. The summed E-state index contributed by atoms with van der Waals surface area (Å²) in [7, 11) is 2.24. The van der Waals surface area contributed by atoms with Crippen molar-refractivity contribution in [3.8, 4) is 0 Å². The summed E-state index contributed by atoms with van der Waals surface area (Å²) in [6.45, 7) is 14.2. The molecule has 1 rings (SSSR count). The number of likely N-dealkylation sites (N-methyl/N-ethyl adjacent to an activating group) is 1. The van der Waals surface area contributed by atoms with E-state index in [9.17, 15) is 0 Å². The highest BCUT2D eigenvalue weighted by atomic mass is 16.5. The minimum atomic E-state index is 0.195. The van der Waals surface area contributed by atoms with Crippen LogP contribution in [0.1, 0.15) is 41.0 Å². The lowest BCUT2D eigenvalue weighted by Gasteiger charge is -2.37. The van der Waals surface area contributed by atoms with Crippen molar-refractivity contribution in [2.75, 3.05) is 26.8 Å². The summed E-state index contributed by atoms with van der Waals surface area (Å²) in [4.78, 5) is 2.51. The Morgan fingerprint density at radius 2 is 2.00 bits per heavy atom. The maximum Gasteiger partial charge on any atom is 0.0622 e. The van der Waals surface area contributed by atoms with Gasteiger partial charge >= 0.3 is 0 Å². The fourth-order valence-corrected chi connectivity index (χ4v) is 2.37. The number of nitrogens with one attached hydrogen (secondary N) is 1. The lowest BCUT2D eigenvalue weighted by molar-refractivity contribution is 0.106. The van der Waals surface area contributed by atoms with Crippen LogP contribution in [0.5, 0.6) is 0 Å². The molecule has 0 radical (unpaired) electrons. The lowest BCUT2D eigenvalue weighted by atomic mass is 9.99. The van der Waals surface area contributed by atoms with E-state index in [1.165, 1.54) is 6.42 Å². The molecule has 0 aromatic rings. The maximum atomic E-state index is 5.49. The SMILES string of the molecule is CC(C)C(CNC(C)(C)C)N(C)C1CCOC1. The summed E-state index contributed by atoms with van der Waals surface area (Å²) in [6.07, 6.45) is 1.18. The van der Waals surface area contributed by atoms with Gasteiger partial charge in [-0.1, -0.05) is 13.8 Å². The Morgan fingerprint density at radius 3 is 2.41 bits per heavy atom. The van der Waals surface area contributed by atoms with Crippen molar-refractivity contribution in [3.05, 3.63) is 0 Å². The van der Waals surface area contributed by atoms with E-state index in [-0.39, 0.29) is 5.54 Å². The van der Waals surface area contributed by atoms with Crippen LogP contribution in [0.4, 0.5) is 0 Å². The molecule has 0 aromatic heterocycles. The average Bonchev–Trinajstić information content (AvgIpc) is 2.67. The van der Waals surface area contributed by atoms with Gasteiger partial charge in [-0.25, -0.2) is 0 Å². The highest BCUT2D eigenvalue weighted by Gasteiger charge is 2.28. The van der Waals surface area contributed by atoms with Crippen LogP contribution in [-0.2, 0) is 4.74 Å². The van der Waals surface area contributed by atoms with Crippen molar-refractivity contribution in [1.29, 1.82) is 0 Å². The van der Waals surface area contributed by atoms with Gasteiger partial charge in [0, 0.05) is 30.8 Å². The molecule has 0 aliphatic carbocycles. The molecule has 17 heavy (non-hydrogen) atoms. The Morgan fingerprint density at radius 1 is 1.35 bits per heavy atom. The van der Waals surface area contributed by atoms with Gasteiger partial charge in [-0.3, -0.25) is 4.90 Å².